The molecule has 1 unspecified atom stereocenters. The number of nitrogens with one attached hydrogen (secondary N) is 2. The predicted octanol–water partition coefficient (Wildman–Crippen LogP) is 4.79. The third-order valence-electron chi connectivity index (χ3n) is 6.34. The number of hydrogen-bond acceptors (Lipinski definition) is 9. The Labute approximate surface area is 246 Å². The van der Waals surface area contributed by atoms with Crippen LogP contribution in [0.5, 0.6) is 5.75 Å². The molecule has 0 bridgehead atoms. The summed E-state index contributed by atoms with van der Waals surface area (Å²) in [6.45, 7) is 3.81. The Morgan fingerprint density at radius 2 is 1.90 bits per heavy atom. The number of nitrogens with zero attached hydrogens (tertiary/aromatic N) is 3. The van der Waals surface area contributed by atoms with Gasteiger partial charge in [-0.1, -0.05) is 29.8 Å². The summed E-state index contributed by atoms with van der Waals surface area (Å²) in [5.41, 5.74) is 1.50. The number of benzene rings is 1. The summed E-state index contributed by atoms with van der Waals surface area (Å²) in [7, 11) is 1.77. The van der Waals surface area contributed by atoms with Gasteiger partial charge in [-0.15, -0.1) is 21.5 Å². The van der Waals surface area contributed by atoms with E-state index in [1.165, 1.54) is 23.1 Å². The molecule has 3 aromatic rings. The van der Waals surface area contributed by atoms with E-state index in [-0.39, 0.29) is 31.6 Å². The molecule has 2 aromatic heterocycles. The molecule has 1 atom stereocenters. The Balaban J connectivity index is 1.34. The van der Waals surface area contributed by atoms with E-state index in [9.17, 15) is 14.4 Å². The van der Waals surface area contributed by atoms with Gasteiger partial charge in [-0.2, -0.15) is 0 Å². The maximum Gasteiger partial charge on any atom is 0.341 e. The van der Waals surface area contributed by atoms with Crippen LogP contribution < -0.4 is 15.4 Å². The molecule has 0 radical (unpaired) electrons. The number of aryl methyl sites for hydroxylation is 1. The molecular weight excluding hydrogens is 574 g/mol. The van der Waals surface area contributed by atoms with Gasteiger partial charge in [0.1, 0.15) is 10.8 Å². The van der Waals surface area contributed by atoms with Gasteiger partial charge >= 0.3 is 5.97 Å². The SMILES string of the molecule is CCOC(=O)c1c(NC(=O)C(C)Sc2nnc(CNC(=O)COc3ccc(Cl)cc3)n2C)sc2c1CCCCC2. The van der Waals surface area contributed by atoms with Crippen molar-refractivity contribution in [1.29, 1.82) is 0 Å². The zero-order chi connectivity index (χ0) is 28.6. The minimum Gasteiger partial charge on any atom is -0.484 e. The van der Waals surface area contributed by atoms with Crippen LogP contribution in [-0.2, 0) is 40.8 Å². The second-order valence-corrected chi connectivity index (χ2v) is 12.1. The first kappa shape index (κ1) is 29.9. The summed E-state index contributed by atoms with van der Waals surface area (Å²) >= 11 is 8.57. The van der Waals surface area contributed by atoms with E-state index < -0.39 is 11.2 Å². The molecule has 1 aliphatic rings. The number of carbonyl (C=O) groups excluding carboxylic acids is 3. The van der Waals surface area contributed by atoms with E-state index in [0.717, 1.165) is 42.5 Å². The Hall–Kier alpha value is -3.09. The standard InChI is InChI=1S/C27H32ClN5O5S2/c1-4-37-26(36)23-19-8-6-5-7-9-20(19)40-25(23)30-24(35)16(2)39-27-32-31-21(33(27)3)14-29-22(34)15-38-18-12-10-17(28)11-13-18/h10-13,16H,4-9,14-15H2,1-3H3,(H,29,34)(H,30,35). The Kier molecular flexibility index (Phi) is 10.5. The Bertz CT molecular complexity index is 1360. The number of amides is 2. The van der Waals surface area contributed by atoms with E-state index in [4.69, 9.17) is 21.1 Å². The number of esters is 1. The molecule has 0 fully saturated rings. The van der Waals surface area contributed by atoms with Crippen LogP contribution in [0.3, 0.4) is 0 Å². The van der Waals surface area contributed by atoms with Crippen molar-refractivity contribution in [3.05, 3.63) is 51.1 Å². The highest BCUT2D eigenvalue weighted by Gasteiger charge is 2.28. The highest BCUT2D eigenvalue weighted by atomic mass is 35.5. The lowest BCUT2D eigenvalue weighted by Crippen LogP contribution is -2.29. The summed E-state index contributed by atoms with van der Waals surface area (Å²) in [5.74, 6) is 0.116. The fourth-order valence-electron chi connectivity index (χ4n) is 4.19. The Morgan fingerprint density at radius 1 is 1.15 bits per heavy atom. The second kappa shape index (κ2) is 14.0. The number of rotatable bonds is 11. The number of hydrogen-bond donors (Lipinski definition) is 2. The number of thioether (sulfide) groups is 1. The fourth-order valence-corrected chi connectivity index (χ4v) is 6.43. The number of halogens is 1. The third-order valence-corrected chi connectivity index (χ3v) is 8.93. The van der Waals surface area contributed by atoms with E-state index in [2.05, 4.69) is 20.8 Å². The van der Waals surface area contributed by atoms with Crippen LogP contribution in [0.2, 0.25) is 5.02 Å². The lowest BCUT2D eigenvalue weighted by molar-refractivity contribution is -0.123. The van der Waals surface area contributed by atoms with Crippen molar-refractivity contribution < 1.29 is 23.9 Å². The van der Waals surface area contributed by atoms with Crippen molar-refractivity contribution in [2.75, 3.05) is 18.5 Å². The molecular formula is C27H32ClN5O5S2. The second-order valence-electron chi connectivity index (χ2n) is 9.22. The van der Waals surface area contributed by atoms with Gasteiger partial charge in [-0.25, -0.2) is 4.79 Å². The van der Waals surface area contributed by atoms with Crippen LogP contribution in [0, 0.1) is 0 Å². The maximum absolute atomic E-state index is 13.2. The van der Waals surface area contributed by atoms with Gasteiger partial charge in [0, 0.05) is 16.9 Å². The van der Waals surface area contributed by atoms with Gasteiger partial charge in [-0.3, -0.25) is 9.59 Å². The molecule has 10 nitrogen and oxygen atoms in total. The molecule has 1 aromatic carbocycles. The van der Waals surface area contributed by atoms with Crippen molar-refractivity contribution in [3.8, 4) is 5.75 Å². The number of ether oxygens (including phenoxy) is 2. The summed E-state index contributed by atoms with van der Waals surface area (Å²) in [4.78, 5) is 39.3. The van der Waals surface area contributed by atoms with Crippen molar-refractivity contribution >= 4 is 57.5 Å². The van der Waals surface area contributed by atoms with Gasteiger partial charge in [0.2, 0.25) is 5.91 Å². The summed E-state index contributed by atoms with van der Waals surface area (Å²) in [6.07, 6.45) is 4.92. The van der Waals surface area contributed by atoms with E-state index in [0.29, 0.717) is 32.3 Å². The minimum absolute atomic E-state index is 0.150. The molecule has 2 N–H and O–H groups in total. The molecule has 4 rings (SSSR count). The zero-order valence-electron chi connectivity index (χ0n) is 22.6. The number of carbonyl (C=O) groups is 3. The first-order valence-corrected chi connectivity index (χ1v) is 15.2. The monoisotopic (exact) mass is 605 g/mol. The quantitative estimate of drug-likeness (QED) is 0.182. The fraction of sp³-hybridized carbons (Fsp3) is 0.444. The topological polar surface area (TPSA) is 124 Å². The average molecular weight is 606 g/mol. The van der Waals surface area contributed by atoms with Crippen molar-refractivity contribution in [3.63, 3.8) is 0 Å². The lowest BCUT2D eigenvalue weighted by atomic mass is 10.1. The Morgan fingerprint density at radius 3 is 2.65 bits per heavy atom. The summed E-state index contributed by atoms with van der Waals surface area (Å²) in [6, 6.07) is 6.74. The van der Waals surface area contributed by atoms with Crippen molar-refractivity contribution in [1.82, 2.24) is 20.1 Å². The molecule has 13 heteroatoms. The minimum atomic E-state index is -0.518. The first-order chi connectivity index (χ1) is 19.3. The van der Waals surface area contributed by atoms with Crippen LogP contribution >= 0.6 is 34.7 Å². The molecule has 0 aliphatic heterocycles. The highest BCUT2D eigenvalue weighted by Crippen LogP contribution is 2.38. The van der Waals surface area contributed by atoms with Gasteiger partial charge in [0.25, 0.3) is 5.91 Å². The average Bonchev–Trinajstić information content (AvgIpc) is 3.36. The zero-order valence-corrected chi connectivity index (χ0v) is 25.0. The van der Waals surface area contributed by atoms with Crippen molar-refractivity contribution in [2.45, 2.75) is 62.9 Å². The maximum atomic E-state index is 13.2. The van der Waals surface area contributed by atoms with Crippen LogP contribution in [0.1, 0.15) is 59.7 Å². The molecule has 2 heterocycles. The van der Waals surface area contributed by atoms with Gasteiger partial charge in [-0.05, 0) is 69.4 Å². The van der Waals surface area contributed by atoms with E-state index in [1.807, 2.05) is 0 Å². The largest absolute Gasteiger partial charge is 0.484 e. The third kappa shape index (κ3) is 7.55. The lowest BCUT2D eigenvalue weighted by Gasteiger charge is -2.12. The van der Waals surface area contributed by atoms with E-state index in [1.54, 1.807) is 49.7 Å². The first-order valence-electron chi connectivity index (χ1n) is 13.1. The summed E-state index contributed by atoms with van der Waals surface area (Å²) < 4.78 is 12.5. The highest BCUT2D eigenvalue weighted by molar-refractivity contribution is 8.00. The number of anilines is 1. The van der Waals surface area contributed by atoms with Gasteiger partial charge < -0.3 is 24.7 Å². The van der Waals surface area contributed by atoms with Gasteiger partial charge in [0.15, 0.2) is 17.6 Å². The molecule has 1 aliphatic carbocycles. The molecule has 0 saturated heterocycles. The van der Waals surface area contributed by atoms with Crippen LogP contribution in [0.25, 0.3) is 0 Å². The molecule has 40 heavy (non-hydrogen) atoms. The van der Waals surface area contributed by atoms with Crippen molar-refractivity contribution in [2.24, 2.45) is 7.05 Å². The molecule has 214 valence electrons. The van der Waals surface area contributed by atoms with Gasteiger partial charge in [0.05, 0.1) is 24.0 Å². The molecule has 2 amide bonds. The number of fused-ring (bicyclic) bond motifs is 1. The number of aromatic nitrogens is 3. The van der Waals surface area contributed by atoms with Crippen LogP contribution in [0.15, 0.2) is 29.4 Å². The predicted molar refractivity (Wildman–Crippen MR) is 155 cm³/mol. The summed E-state index contributed by atoms with van der Waals surface area (Å²) in [5, 5.41) is 15.2. The van der Waals surface area contributed by atoms with Crippen LogP contribution in [0.4, 0.5) is 5.00 Å². The van der Waals surface area contributed by atoms with E-state index >= 15 is 0 Å². The normalized spacial score (nSPS) is 13.6. The number of thiophene rings is 1. The molecule has 0 spiro atoms. The van der Waals surface area contributed by atoms with Crippen LogP contribution in [-0.4, -0.2) is 51.0 Å². The smallest absolute Gasteiger partial charge is 0.341 e. The molecule has 0 saturated carbocycles.